The van der Waals surface area contributed by atoms with Crippen LogP contribution in [0.25, 0.3) is 0 Å². The average Bonchev–Trinajstić information content (AvgIpc) is 3.16. The Kier molecular flexibility index (Phi) is 5.15. The van der Waals surface area contributed by atoms with Gasteiger partial charge in [-0.15, -0.1) is 0 Å². The molecule has 1 fully saturated rings. The summed E-state index contributed by atoms with van der Waals surface area (Å²) in [4.78, 5) is 50.0. The Morgan fingerprint density at radius 2 is 1.83 bits per heavy atom. The predicted molar refractivity (Wildman–Crippen MR) is 104 cm³/mol. The van der Waals surface area contributed by atoms with Gasteiger partial charge >= 0.3 is 12.1 Å². The fraction of sp³-hybridized carbons (Fsp3) is 0.300. The Hall–Kier alpha value is -3.62. The molecule has 0 aliphatic carbocycles. The van der Waals surface area contributed by atoms with E-state index in [1.54, 1.807) is 31.2 Å². The van der Waals surface area contributed by atoms with Gasteiger partial charge in [0.05, 0.1) is 0 Å². The highest BCUT2D eigenvalue weighted by Crippen LogP contribution is 2.29. The minimum absolute atomic E-state index is 0.267. The highest BCUT2D eigenvalue weighted by atomic mass is 16.3. The Balaban J connectivity index is 1.62. The minimum atomic E-state index is -1.41. The van der Waals surface area contributed by atoms with Gasteiger partial charge in [-0.1, -0.05) is 6.07 Å². The molecule has 1 aliphatic rings. The first-order valence-corrected chi connectivity index (χ1v) is 8.99. The normalized spacial score (nSPS) is 18.6. The third-order valence-electron chi connectivity index (χ3n) is 4.83. The summed E-state index contributed by atoms with van der Waals surface area (Å²) < 4.78 is 5.46. The summed E-state index contributed by atoms with van der Waals surface area (Å²) in [5.74, 6) is -0.581. The van der Waals surface area contributed by atoms with Gasteiger partial charge in [0.2, 0.25) is 5.91 Å². The molecular formula is C20H22N4O5. The number of urea groups is 2. The van der Waals surface area contributed by atoms with Crippen molar-refractivity contribution in [1.29, 1.82) is 0 Å². The van der Waals surface area contributed by atoms with Gasteiger partial charge in [-0.2, -0.15) is 0 Å². The summed E-state index contributed by atoms with van der Waals surface area (Å²) in [7, 11) is 0. The summed E-state index contributed by atoms with van der Waals surface area (Å²) >= 11 is 0. The molecule has 29 heavy (non-hydrogen) atoms. The lowest BCUT2D eigenvalue weighted by Gasteiger charge is -2.19. The van der Waals surface area contributed by atoms with Gasteiger partial charge in [0.1, 0.15) is 18.1 Å². The van der Waals surface area contributed by atoms with E-state index in [4.69, 9.17) is 4.42 Å². The number of imide groups is 2. The van der Waals surface area contributed by atoms with Crippen LogP contribution in [0.5, 0.6) is 0 Å². The van der Waals surface area contributed by atoms with E-state index in [-0.39, 0.29) is 5.76 Å². The molecule has 152 valence electrons. The second kappa shape index (κ2) is 7.42. The van der Waals surface area contributed by atoms with Gasteiger partial charge in [-0.3, -0.25) is 19.8 Å². The minimum Gasteiger partial charge on any atom is -0.463 e. The molecule has 1 aliphatic heterocycles. The van der Waals surface area contributed by atoms with Crippen LogP contribution in [0.3, 0.4) is 0 Å². The van der Waals surface area contributed by atoms with Crippen LogP contribution in [-0.2, 0) is 15.1 Å². The summed E-state index contributed by atoms with van der Waals surface area (Å²) in [6.45, 7) is 6.46. The van der Waals surface area contributed by atoms with Crippen molar-refractivity contribution in [1.82, 2.24) is 15.5 Å². The quantitative estimate of drug-likeness (QED) is 0.683. The van der Waals surface area contributed by atoms with Crippen molar-refractivity contribution in [3.63, 3.8) is 0 Å². The molecular weight excluding hydrogens is 376 g/mol. The number of aryl methyl sites for hydroxylation is 3. The molecule has 1 aromatic heterocycles. The van der Waals surface area contributed by atoms with Crippen molar-refractivity contribution in [3.8, 4) is 0 Å². The molecule has 3 N–H and O–H groups in total. The van der Waals surface area contributed by atoms with Gasteiger partial charge in [0.25, 0.3) is 5.91 Å². The van der Waals surface area contributed by atoms with Gasteiger partial charge < -0.3 is 15.1 Å². The Morgan fingerprint density at radius 1 is 1.10 bits per heavy atom. The van der Waals surface area contributed by atoms with E-state index >= 15 is 0 Å². The highest BCUT2D eigenvalue weighted by molar-refractivity contribution is 6.10. The van der Waals surface area contributed by atoms with Crippen LogP contribution in [0.15, 0.2) is 34.7 Å². The molecule has 0 radical (unpaired) electrons. The zero-order valence-electron chi connectivity index (χ0n) is 16.6. The van der Waals surface area contributed by atoms with Crippen LogP contribution in [0.4, 0.5) is 15.3 Å². The number of nitrogens with one attached hydrogen (secondary N) is 3. The fourth-order valence-electron chi connectivity index (χ4n) is 3.00. The topological polar surface area (TPSA) is 121 Å². The molecule has 2 aromatic rings. The molecule has 1 aromatic carbocycles. The first-order chi connectivity index (χ1) is 13.6. The number of carbonyl (C=O) groups is 4. The van der Waals surface area contributed by atoms with E-state index in [1.165, 1.54) is 6.92 Å². The molecule has 6 amide bonds. The number of amides is 6. The van der Waals surface area contributed by atoms with Crippen LogP contribution in [0.2, 0.25) is 0 Å². The van der Waals surface area contributed by atoms with Gasteiger partial charge in [0.15, 0.2) is 5.54 Å². The van der Waals surface area contributed by atoms with E-state index in [9.17, 15) is 19.2 Å². The van der Waals surface area contributed by atoms with Crippen molar-refractivity contribution in [2.75, 3.05) is 11.9 Å². The molecule has 1 atom stereocenters. The molecule has 0 bridgehead atoms. The standard InChI is InChI=1S/C20H22N4O5/c1-11-5-7-14(9-12(11)2)21-18(27)22-16(25)10-24-17(26)20(4,23-19(24)28)15-8-6-13(3)29-15/h5-9H,10H2,1-4H3,(H,23,28)(H2,21,22,25,27). The van der Waals surface area contributed by atoms with Crippen LogP contribution < -0.4 is 16.0 Å². The second-order valence-electron chi connectivity index (χ2n) is 7.16. The Bertz CT molecular complexity index is 1010. The van der Waals surface area contributed by atoms with Crippen molar-refractivity contribution >= 4 is 29.6 Å². The first kappa shape index (κ1) is 20.1. The Morgan fingerprint density at radius 3 is 2.45 bits per heavy atom. The van der Waals surface area contributed by atoms with E-state index in [0.717, 1.165) is 16.0 Å². The van der Waals surface area contributed by atoms with Crippen LogP contribution in [0.1, 0.15) is 29.6 Å². The van der Waals surface area contributed by atoms with Gasteiger partial charge in [-0.25, -0.2) is 9.59 Å². The van der Waals surface area contributed by atoms with Crippen LogP contribution in [0, 0.1) is 20.8 Å². The van der Waals surface area contributed by atoms with Crippen LogP contribution in [-0.4, -0.2) is 35.3 Å². The number of carbonyl (C=O) groups excluding carboxylic acids is 4. The number of nitrogens with zero attached hydrogens (tertiary/aromatic N) is 1. The zero-order chi connectivity index (χ0) is 21.3. The smallest absolute Gasteiger partial charge is 0.325 e. The predicted octanol–water partition coefficient (Wildman–Crippen LogP) is 2.32. The maximum absolute atomic E-state index is 12.7. The lowest BCUT2D eigenvalue weighted by atomic mass is 9.99. The first-order valence-electron chi connectivity index (χ1n) is 8.99. The summed E-state index contributed by atoms with van der Waals surface area (Å²) in [5, 5.41) is 7.19. The van der Waals surface area contributed by atoms with E-state index in [0.29, 0.717) is 11.4 Å². The molecule has 9 nitrogen and oxygen atoms in total. The van der Waals surface area contributed by atoms with Crippen molar-refractivity contribution in [2.45, 2.75) is 33.2 Å². The van der Waals surface area contributed by atoms with E-state index in [1.807, 2.05) is 19.9 Å². The number of furan rings is 1. The lowest BCUT2D eigenvalue weighted by molar-refractivity contribution is -0.135. The highest BCUT2D eigenvalue weighted by Gasteiger charge is 2.51. The second-order valence-corrected chi connectivity index (χ2v) is 7.16. The number of hydrogen-bond donors (Lipinski definition) is 3. The molecule has 0 saturated carbocycles. The summed E-state index contributed by atoms with van der Waals surface area (Å²) in [6, 6.07) is 7.09. The maximum atomic E-state index is 12.7. The molecule has 9 heteroatoms. The number of rotatable bonds is 4. The molecule has 0 spiro atoms. The molecule has 2 heterocycles. The molecule has 3 rings (SSSR count). The van der Waals surface area contributed by atoms with Crippen molar-refractivity contribution < 1.29 is 23.6 Å². The zero-order valence-corrected chi connectivity index (χ0v) is 16.6. The van der Waals surface area contributed by atoms with Gasteiger partial charge in [0, 0.05) is 5.69 Å². The SMILES string of the molecule is Cc1ccc(C2(C)NC(=O)N(CC(=O)NC(=O)Nc3ccc(C)c(C)c3)C2=O)o1. The number of anilines is 1. The fourth-order valence-corrected chi connectivity index (χ4v) is 3.00. The number of benzene rings is 1. The lowest BCUT2D eigenvalue weighted by Crippen LogP contribution is -2.45. The maximum Gasteiger partial charge on any atom is 0.325 e. The van der Waals surface area contributed by atoms with Gasteiger partial charge in [-0.05, 0) is 63.1 Å². The van der Waals surface area contributed by atoms with E-state index < -0.39 is 36.0 Å². The largest absolute Gasteiger partial charge is 0.463 e. The third kappa shape index (κ3) is 3.98. The monoisotopic (exact) mass is 398 g/mol. The van der Waals surface area contributed by atoms with E-state index in [2.05, 4.69) is 16.0 Å². The molecule has 1 saturated heterocycles. The van der Waals surface area contributed by atoms with Crippen molar-refractivity contribution in [3.05, 3.63) is 53.0 Å². The third-order valence-corrected chi connectivity index (χ3v) is 4.83. The van der Waals surface area contributed by atoms with Crippen molar-refractivity contribution in [2.24, 2.45) is 0 Å². The average molecular weight is 398 g/mol. The van der Waals surface area contributed by atoms with Crippen LogP contribution >= 0.6 is 0 Å². The molecule has 1 unspecified atom stereocenters. The number of hydrogen-bond acceptors (Lipinski definition) is 5. The Labute approximate surface area is 167 Å². The summed E-state index contributed by atoms with van der Waals surface area (Å²) in [5.41, 5.74) is 1.17. The summed E-state index contributed by atoms with van der Waals surface area (Å²) in [6.07, 6.45) is 0.